The van der Waals surface area contributed by atoms with E-state index in [1.54, 1.807) is 0 Å². The van der Waals surface area contributed by atoms with Crippen molar-refractivity contribution < 1.29 is 0 Å². The van der Waals surface area contributed by atoms with Crippen LogP contribution in [0.4, 0.5) is 5.82 Å². The number of anilines is 1. The molecular weight excluding hydrogens is 248 g/mol. The lowest BCUT2D eigenvalue weighted by molar-refractivity contribution is 0.315. The van der Waals surface area contributed by atoms with Crippen LogP contribution in [0.5, 0.6) is 0 Å². The van der Waals surface area contributed by atoms with Gasteiger partial charge in [0.2, 0.25) is 0 Å². The second-order valence-electron chi connectivity index (χ2n) is 5.07. The van der Waals surface area contributed by atoms with Gasteiger partial charge in [-0.25, -0.2) is 9.97 Å². The quantitative estimate of drug-likeness (QED) is 0.784. The number of aromatic nitrogens is 2. The molecule has 0 aromatic carbocycles. The van der Waals surface area contributed by atoms with Gasteiger partial charge in [-0.2, -0.15) is 0 Å². The van der Waals surface area contributed by atoms with Gasteiger partial charge in [0.1, 0.15) is 16.8 Å². The normalized spacial score (nSPS) is 19.8. The van der Waals surface area contributed by atoms with Crippen molar-refractivity contribution in [3.05, 3.63) is 17.0 Å². The first kappa shape index (κ1) is 13.6. The maximum absolute atomic E-state index is 6.07. The van der Waals surface area contributed by atoms with Crippen molar-refractivity contribution in [2.45, 2.75) is 32.2 Å². The fraction of sp³-hybridized carbons (Fsp3) is 0.692. The van der Waals surface area contributed by atoms with Crippen molar-refractivity contribution in [3.8, 4) is 0 Å². The molecule has 1 saturated heterocycles. The maximum Gasteiger partial charge on any atom is 0.134 e. The number of nitrogens with zero attached hydrogens (tertiary/aromatic N) is 4. The minimum Gasteiger partial charge on any atom is -0.355 e. The average molecular weight is 269 g/mol. The van der Waals surface area contributed by atoms with E-state index in [2.05, 4.69) is 40.8 Å². The van der Waals surface area contributed by atoms with Crippen molar-refractivity contribution in [2.75, 3.05) is 32.1 Å². The molecule has 2 heterocycles. The third-order valence-electron chi connectivity index (χ3n) is 3.42. The van der Waals surface area contributed by atoms with Gasteiger partial charge in [0.05, 0.1) is 0 Å². The Morgan fingerprint density at radius 1 is 1.44 bits per heavy atom. The topological polar surface area (TPSA) is 32.3 Å². The number of hydrogen-bond donors (Lipinski definition) is 0. The standard InChI is InChI=1S/C13H21ClN4/c1-4-5-12-15-11(14)8-13(16-12)18-7-6-10(9-18)17(2)3/h8,10H,4-7,9H2,1-3H3. The number of likely N-dealkylation sites (N-methyl/N-ethyl adjacent to an activating group) is 1. The van der Waals surface area contributed by atoms with Gasteiger partial charge in [0, 0.05) is 31.6 Å². The van der Waals surface area contributed by atoms with E-state index in [4.69, 9.17) is 11.6 Å². The molecule has 1 fully saturated rings. The summed E-state index contributed by atoms with van der Waals surface area (Å²) in [5.41, 5.74) is 0. The summed E-state index contributed by atoms with van der Waals surface area (Å²) < 4.78 is 0. The summed E-state index contributed by atoms with van der Waals surface area (Å²) in [6.07, 6.45) is 3.11. The molecule has 0 bridgehead atoms. The molecule has 1 atom stereocenters. The third kappa shape index (κ3) is 3.12. The van der Waals surface area contributed by atoms with Crippen LogP contribution >= 0.6 is 11.6 Å². The van der Waals surface area contributed by atoms with Gasteiger partial charge in [0.25, 0.3) is 0 Å². The Kier molecular flexibility index (Phi) is 4.40. The van der Waals surface area contributed by atoms with Crippen LogP contribution in [-0.2, 0) is 6.42 Å². The highest BCUT2D eigenvalue weighted by Crippen LogP contribution is 2.22. The van der Waals surface area contributed by atoms with E-state index >= 15 is 0 Å². The number of hydrogen-bond acceptors (Lipinski definition) is 4. The van der Waals surface area contributed by atoms with Gasteiger partial charge < -0.3 is 9.80 Å². The first-order chi connectivity index (χ1) is 8.60. The van der Waals surface area contributed by atoms with Crippen molar-refractivity contribution in [1.82, 2.24) is 14.9 Å². The minimum atomic E-state index is 0.553. The first-order valence-electron chi connectivity index (χ1n) is 6.55. The van der Waals surface area contributed by atoms with Gasteiger partial charge >= 0.3 is 0 Å². The van der Waals surface area contributed by atoms with Crippen LogP contribution in [0.1, 0.15) is 25.6 Å². The van der Waals surface area contributed by atoms with Crippen LogP contribution in [0, 0.1) is 0 Å². The molecule has 0 spiro atoms. The minimum absolute atomic E-state index is 0.553. The molecule has 100 valence electrons. The lowest BCUT2D eigenvalue weighted by Crippen LogP contribution is -2.31. The fourth-order valence-corrected chi connectivity index (χ4v) is 2.52. The summed E-state index contributed by atoms with van der Waals surface area (Å²) in [6, 6.07) is 2.48. The van der Waals surface area contributed by atoms with Crippen molar-refractivity contribution in [3.63, 3.8) is 0 Å². The molecule has 1 aliphatic rings. The van der Waals surface area contributed by atoms with Crippen LogP contribution in [0.15, 0.2) is 6.07 Å². The Balaban J connectivity index is 2.13. The largest absolute Gasteiger partial charge is 0.355 e. The first-order valence-corrected chi connectivity index (χ1v) is 6.92. The molecule has 1 aromatic rings. The number of aryl methyl sites for hydroxylation is 1. The summed E-state index contributed by atoms with van der Waals surface area (Å²) in [4.78, 5) is 13.5. The summed E-state index contributed by atoms with van der Waals surface area (Å²) in [7, 11) is 4.26. The molecule has 0 saturated carbocycles. The summed E-state index contributed by atoms with van der Waals surface area (Å²) >= 11 is 6.07. The molecule has 1 aromatic heterocycles. The second kappa shape index (κ2) is 5.85. The number of halogens is 1. The SMILES string of the molecule is CCCc1nc(Cl)cc(N2CCC(N(C)C)C2)n1. The molecule has 4 nitrogen and oxygen atoms in total. The molecular formula is C13H21ClN4. The van der Waals surface area contributed by atoms with Crippen LogP contribution in [-0.4, -0.2) is 48.1 Å². The zero-order valence-corrected chi connectivity index (χ0v) is 12.1. The summed E-state index contributed by atoms with van der Waals surface area (Å²) in [6.45, 7) is 4.19. The smallest absolute Gasteiger partial charge is 0.134 e. The fourth-order valence-electron chi connectivity index (χ4n) is 2.32. The summed E-state index contributed by atoms with van der Waals surface area (Å²) in [5, 5.41) is 0.553. The number of rotatable bonds is 4. The van der Waals surface area contributed by atoms with Crippen molar-refractivity contribution in [1.29, 1.82) is 0 Å². The predicted octanol–water partition coefficient (Wildman–Crippen LogP) is 2.22. The van der Waals surface area contributed by atoms with E-state index in [1.807, 2.05) is 6.07 Å². The second-order valence-corrected chi connectivity index (χ2v) is 5.45. The van der Waals surface area contributed by atoms with E-state index in [9.17, 15) is 0 Å². The molecule has 0 N–H and O–H groups in total. The van der Waals surface area contributed by atoms with Gasteiger partial charge in [-0.05, 0) is 26.9 Å². The lowest BCUT2D eigenvalue weighted by atomic mass is 10.2. The Bertz CT molecular complexity index is 408. The zero-order valence-electron chi connectivity index (χ0n) is 11.4. The van der Waals surface area contributed by atoms with E-state index in [0.29, 0.717) is 11.2 Å². The average Bonchev–Trinajstić information content (AvgIpc) is 2.78. The van der Waals surface area contributed by atoms with E-state index in [1.165, 1.54) is 6.42 Å². The van der Waals surface area contributed by atoms with E-state index in [-0.39, 0.29) is 0 Å². The lowest BCUT2D eigenvalue weighted by Gasteiger charge is -2.21. The van der Waals surface area contributed by atoms with Crippen LogP contribution in [0.2, 0.25) is 5.15 Å². The monoisotopic (exact) mass is 268 g/mol. The van der Waals surface area contributed by atoms with Crippen LogP contribution < -0.4 is 4.90 Å². The molecule has 5 heteroatoms. The highest BCUT2D eigenvalue weighted by Gasteiger charge is 2.25. The molecule has 0 amide bonds. The predicted molar refractivity (Wildman–Crippen MR) is 75.3 cm³/mol. The highest BCUT2D eigenvalue weighted by atomic mass is 35.5. The van der Waals surface area contributed by atoms with Crippen LogP contribution in [0.25, 0.3) is 0 Å². The van der Waals surface area contributed by atoms with Crippen molar-refractivity contribution in [2.24, 2.45) is 0 Å². The highest BCUT2D eigenvalue weighted by molar-refractivity contribution is 6.29. The van der Waals surface area contributed by atoms with Crippen molar-refractivity contribution >= 4 is 17.4 Å². The van der Waals surface area contributed by atoms with E-state index < -0.39 is 0 Å². The Morgan fingerprint density at radius 3 is 2.83 bits per heavy atom. The molecule has 1 unspecified atom stereocenters. The third-order valence-corrected chi connectivity index (χ3v) is 3.61. The van der Waals surface area contributed by atoms with Gasteiger partial charge in [-0.15, -0.1) is 0 Å². The zero-order chi connectivity index (χ0) is 13.1. The molecule has 2 rings (SSSR count). The summed E-state index contributed by atoms with van der Waals surface area (Å²) in [5.74, 6) is 1.83. The Hall–Kier alpha value is -0.870. The van der Waals surface area contributed by atoms with E-state index in [0.717, 1.165) is 37.6 Å². The van der Waals surface area contributed by atoms with Crippen LogP contribution in [0.3, 0.4) is 0 Å². The van der Waals surface area contributed by atoms with Gasteiger partial charge in [-0.3, -0.25) is 0 Å². The Morgan fingerprint density at radius 2 is 2.22 bits per heavy atom. The van der Waals surface area contributed by atoms with Gasteiger partial charge in [-0.1, -0.05) is 18.5 Å². The molecule has 18 heavy (non-hydrogen) atoms. The Labute approximate surface area is 114 Å². The molecule has 0 radical (unpaired) electrons. The maximum atomic E-state index is 6.07. The van der Waals surface area contributed by atoms with Gasteiger partial charge in [0.15, 0.2) is 0 Å². The molecule has 1 aliphatic heterocycles. The molecule has 0 aliphatic carbocycles.